The molecule has 0 aliphatic carbocycles. The van der Waals surface area contributed by atoms with Crippen LogP contribution in [0.5, 0.6) is 11.5 Å². The van der Waals surface area contributed by atoms with E-state index in [1.165, 1.54) is 0 Å². The van der Waals surface area contributed by atoms with Crippen LogP contribution >= 0.6 is 0 Å². The first-order valence-corrected chi connectivity index (χ1v) is 14.0. The quantitative estimate of drug-likeness (QED) is 0.375. The van der Waals surface area contributed by atoms with Crippen LogP contribution < -0.4 is 25.0 Å². The van der Waals surface area contributed by atoms with Crippen LogP contribution in [-0.2, 0) is 9.47 Å². The number of rotatable bonds is 10. The van der Waals surface area contributed by atoms with E-state index >= 15 is 0 Å². The number of hydrogen-bond donors (Lipinski definition) is 2. The maximum atomic E-state index is 6.20. The van der Waals surface area contributed by atoms with Crippen LogP contribution in [0.25, 0.3) is 10.9 Å². The van der Waals surface area contributed by atoms with E-state index in [4.69, 9.17) is 28.9 Å². The van der Waals surface area contributed by atoms with Crippen LogP contribution in [0.15, 0.2) is 48.8 Å². The zero-order valence-electron chi connectivity index (χ0n) is 24.2. The van der Waals surface area contributed by atoms with Crippen LogP contribution in [0.4, 0.5) is 17.5 Å². The molecule has 2 fully saturated rings. The molecule has 2 aliphatic rings. The standard InChI is InChI=1S/C28H36N6O4.C2H6/c1-20-5-4-6-22(17-20)29-21(2)30-27-23-18-26(38-16-9-33-7-12-36-13-8-33)25(35-3)19-24(23)31-28(32-27)34-10-14-37-15-11-34;1-2/h4-6,17-19,29H,2,7-16H2,1,3H3,(H,30,31,32);1-2H3. The van der Waals surface area contributed by atoms with Gasteiger partial charge in [-0.2, -0.15) is 4.98 Å². The molecule has 3 aromatic rings. The third-order valence-electron chi connectivity index (χ3n) is 6.61. The zero-order chi connectivity index (χ0) is 28.3. The molecule has 0 radical (unpaired) electrons. The Bertz CT molecular complexity index is 1260. The summed E-state index contributed by atoms with van der Waals surface area (Å²) < 4.78 is 22.9. The minimum atomic E-state index is 0.541. The normalized spacial score (nSPS) is 15.7. The zero-order valence-corrected chi connectivity index (χ0v) is 24.2. The minimum absolute atomic E-state index is 0.541. The summed E-state index contributed by atoms with van der Waals surface area (Å²) in [5.41, 5.74) is 2.86. The third-order valence-corrected chi connectivity index (χ3v) is 6.61. The van der Waals surface area contributed by atoms with Crippen molar-refractivity contribution in [3.05, 3.63) is 54.4 Å². The first kappa shape index (κ1) is 29.4. The van der Waals surface area contributed by atoms with Gasteiger partial charge in [0.1, 0.15) is 18.2 Å². The molecular weight excluding hydrogens is 508 g/mol. The highest BCUT2D eigenvalue weighted by Crippen LogP contribution is 2.36. The maximum Gasteiger partial charge on any atom is 0.228 e. The Morgan fingerprint density at radius 1 is 0.950 bits per heavy atom. The molecule has 0 unspecified atom stereocenters. The Hall–Kier alpha value is -3.60. The molecule has 40 heavy (non-hydrogen) atoms. The smallest absolute Gasteiger partial charge is 0.228 e. The van der Waals surface area contributed by atoms with E-state index in [0.717, 1.165) is 68.1 Å². The molecule has 2 saturated heterocycles. The molecule has 2 N–H and O–H groups in total. The summed E-state index contributed by atoms with van der Waals surface area (Å²) in [4.78, 5) is 14.2. The minimum Gasteiger partial charge on any atom is -0.493 e. The summed E-state index contributed by atoms with van der Waals surface area (Å²) in [6.07, 6.45) is 0. The van der Waals surface area contributed by atoms with E-state index in [-0.39, 0.29) is 0 Å². The lowest BCUT2D eigenvalue weighted by atomic mass is 10.2. The van der Waals surface area contributed by atoms with E-state index in [2.05, 4.69) is 46.1 Å². The van der Waals surface area contributed by atoms with Gasteiger partial charge >= 0.3 is 0 Å². The summed E-state index contributed by atoms with van der Waals surface area (Å²) in [5.74, 6) is 3.16. The van der Waals surface area contributed by atoms with Gasteiger partial charge in [-0.15, -0.1) is 0 Å². The highest BCUT2D eigenvalue weighted by Gasteiger charge is 2.20. The van der Waals surface area contributed by atoms with E-state index in [0.29, 0.717) is 48.9 Å². The Kier molecular flexibility index (Phi) is 10.8. The number of ether oxygens (including phenoxy) is 4. The van der Waals surface area contributed by atoms with Gasteiger partial charge in [-0.1, -0.05) is 32.6 Å². The maximum absolute atomic E-state index is 6.20. The molecule has 10 nitrogen and oxygen atoms in total. The van der Waals surface area contributed by atoms with Gasteiger partial charge < -0.3 is 34.5 Å². The van der Waals surface area contributed by atoms with Gasteiger partial charge in [-0.3, -0.25) is 4.90 Å². The summed E-state index contributed by atoms with van der Waals surface area (Å²) in [5, 5.41) is 7.52. The van der Waals surface area contributed by atoms with Crippen LogP contribution in [0.2, 0.25) is 0 Å². The molecular formula is C30H42N6O4. The predicted molar refractivity (Wildman–Crippen MR) is 161 cm³/mol. The van der Waals surface area contributed by atoms with E-state index in [1.807, 2.05) is 38.1 Å². The molecule has 5 rings (SSSR count). The molecule has 0 bridgehead atoms. The number of fused-ring (bicyclic) bond motifs is 1. The Morgan fingerprint density at radius 2 is 1.68 bits per heavy atom. The molecule has 2 aromatic carbocycles. The summed E-state index contributed by atoms with van der Waals surface area (Å²) in [6, 6.07) is 12.0. The molecule has 0 atom stereocenters. The van der Waals surface area contributed by atoms with Crippen molar-refractivity contribution in [1.29, 1.82) is 0 Å². The monoisotopic (exact) mass is 550 g/mol. The molecule has 216 valence electrons. The number of hydrogen-bond acceptors (Lipinski definition) is 10. The van der Waals surface area contributed by atoms with Crippen LogP contribution in [0.3, 0.4) is 0 Å². The topological polar surface area (TPSA) is 93.2 Å². The van der Waals surface area contributed by atoms with Gasteiger partial charge in [-0.05, 0) is 30.7 Å². The van der Waals surface area contributed by atoms with Crippen molar-refractivity contribution >= 4 is 28.4 Å². The highest BCUT2D eigenvalue weighted by atomic mass is 16.5. The SMILES string of the molecule is C=C(Nc1cccc(C)c1)Nc1nc(N2CCOCC2)nc2cc(OC)c(OCCN3CCOCC3)cc12.CC. The molecule has 10 heteroatoms. The Balaban J connectivity index is 0.00000181. The van der Waals surface area contributed by atoms with Crippen molar-refractivity contribution in [2.45, 2.75) is 20.8 Å². The Labute approximate surface area is 237 Å². The van der Waals surface area contributed by atoms with Crippen molar-refractivity contribution < 1.29 is 18.9 Å². The van der Waals surface area contributed by atoms with Crippen molar-refractivity contribution in [3.8, 4) is 11.5 Å². The molecule has 0 amide bonds. The number of aryl methyl sites for hydroxylation is 1. The lowest BCUT2D eigenvalue weighted by Crippen LogP contribution is -2.38. The van der Waals surface area contributed by atoms with Crippen molar-refractivity contribution in [2.75, 3.05) is 88.4 Å². The molecule has 0 spiro atoms. The number of anilines is 3. The fourth-order valence-electron chi connectivity index (χ4n) is 4.58. The van der Waals surface area contributed by atoms with Crippen molar-refractivity contribution in [3.63, 3.8) is 0 Å². The van der Waals surface area contributed by atoms with Gasteiger partial charge in [0, 0.05) is 49.9 Å². The predicted octanol–water partition coefficient (Wildman–Crippen LogP) is 4.52. The van der Waals surface area contributed by atoms with E-state index < -0.39 is 0 Å². The summed E-state index contributed by atoms with van der Waals surface area (Å²) >= 11 is 0. The second kappa shape index (κ2) is 14.7. The fourth-order valence-corrected chi connectivity index (χ4v) is 4.58. The lowest BCUT2D eigenvalue weighted by Gasteiger charge is -2.28. The van der Waals surface area contributed by atoms with Crippen LogP contribution in [0.1, 0.15) is 19.4 Å². The number of aromatic nitrogens is 2. The average Bonchev–Trinajstić information content (AvgIpc) is 2.99. The largest absolute Gasteiger partial charge is 0.493 e. The average molecular weight is 551 g/mol. The highest BCUT2D eigenvalue weighted by molar-refractivity contribution is 5.93. The van der Waals surface area contributed by atoms with Gasteiger partial charge in [0.25, 0.3) is 0 Å². The van der Waals surface area contributed by atoms with E-state index in [1.54, 1.807) is 7.11 Å². The molecule has 2 aliphatic heterocycles. The summed E-state index contributed by atoms with van der Waals surface area (Å²) in [7, 11) is 1.65. The van der Waals surface area contributed by atoms with Crippen molar-refractivity contribution in [1.82, 2.24) is 14.9 Å². The van der Waals surface area contributed by atoms with Gasteiger partial charge in [0.2, 0.25) is 5.95 Å². The lowest BCUT2D eigenvalue weighted by molar-refractivity contribution is 0.0321. The first-order valence-electron chi connectivity index (χ1n) is 14.0. The number of benzene rings is 2. The second-order valence-corrected chi connectivity index (χ2v) is 9.39. The molecule has 1 aromatic heterocycles. The summed E-state index contributed by atoms with van der Waals surface area (Å²) in [6.45, 7) is 17.7. The number of morpholine rings is 2. The third kappa shape index (κ3) is 7.74. The van der Waals surface area contributed by atoms with E-state index in [9.17, 15) is 0 Å². The number of nitrogens with one attached hydrogen (secondary N) is 2. The Morgan fingerprint density at radius 3 is 2.38 bits per heavy atom. The number of nitrogens with zero attached hydrogens (tertiary/aromatic N) is 4. The molecule has 0 saturated carbocycles. The first-order chi connectivity index (χ1) is 19.6. The van der Waals surface area contributed by atoms with Crippen LogP contribution in [-0.4, -0.2) is 87.7 Å². The van der Waals surface area contributed by atoms with Gasteiger partial charge in [-0.25, -0.2) is 4.98 Å². The molecule has 3 heterocycles. The van der Waals surface area contributed by atoms with Gasteiger partial charge in [0.05, 0.1) is 39.1 Å². The van der Waals surface area contributed by atoms with Gasteiger partial charge in [0.15, 0.2) is 11.5 Å². The second-order valence-electron chi connectivity index (χ2n) is 9.39. The van der Waals surface area contributed by atoms with Crippen LogP contribution in [0, 0.1) is 6.92 Å². The number of methoxy groups -OCH3 is 1. The fraction of sp³-hybridized carbons (Fsp3) is 0.467. The van der Waals surface area contributed by atoms with Crippen molar-refractivity contribution in [2.24, 2.45) is 0 Å².